The molecule has 0 aliphatic heterocycles. The van der Waals surface area contributed by atoms with Gasteiger partial charge in [0.15, 0.2) is 0 Å². The van der Waals surface area contributed by atoms with Crippen LogP contribution in [0.5, 0.6) is 0 Å². The van der Waals surface area contributed by atoms with Crippen LogP contribution in [0.2, 0.25) is 5.02 Å². The summed E-state index contributed by atoms with van der Waals surface area (Å²) in [6.45, 7) is 4.89. The third-order valence-corrected chi connectivity index (χ3v) is 2.99. The summed E-state index contributed by atoms with van der Waals surface area (Å²) in [5.41, 5.74) is 6.64. The molecule has 0 saturated heterocycles. The van der Waals surface area contributed by atoms with Gasteiger partial charge in [0.2, 0.25) is 11.8 Å². The number of halogens is 2. The molecule has 4 N–H and O–H groups in total. The summed E-state index contributed by atoms with van der Waals surface area (Å²) in [4.78, 5) is 23.1. The van der Waals surface area contributed by atoms with Gasteiger partial charge < -0.3 is 16.4 Å². The first-order valence-corrected chi connectivity index (χ1v) is 6.32. The zero-order valence-corrected chi connectivity index (χ0v) is 13.1. The molecule has 1 aromatic rings. The highest BCUT2D eigenvalue weighted by molar-refractivity contribution is 6.31. The summed E-state index contributed by atoms with van der Waals surface area (Å²) < 4.78 is 0. The Balaban J connectivity index is 0.00000361. The van der Waals surface area contributed by atoms with Crippen molar-refractivity contribution in [2.45, 2.75) is 26.8 Å². The van der Waals surface area contributed by atoms with Gasteiger partial charge >= 0.3 is 0 Å². The maximum atomic E-state index is 11.9. The Labute approximate surface area is 129 Å². The molecule has 7 heteroatoms. The molecule has 0 spiro atoms. The molecule has 0 aromatic heterocycles. The molecule has 112 valence electrons. The van der Waals surface area contributed by atoms with E-state index in [1.807, 2.05) is 0 Å². The number of hydrogen-bond donors (Lipinski definition) is 3. The summed E-state index contributed by atoms with van der Waals surface area (Å²) in [5.74, 6) is -0.775. The average Bonchev–Trinajstić information content (AvgIpc) is 2.30. The second kappa shape index (κ2) is 8.09. The minimum absolute atomic E-state index is 0. The minimum Gasteiger partial charge on any atom is -0.327 e. The van der Waals surface area contributed by atoms with E-state index in [1.54, 1.807) is 32.0 Å². The van der Waals surface area contributed by atoms with Crippen LogP contribution in [0.3, 0.4) is 0 Å². The van der Waals surface area contributed by atoms with Crippen molar-refractivity contribution in [2.75, 3.05) is 10.6 Å². The highest BCUT2D eigenvalue weighted by Crippen LogP contribution is 2.26. The lowest BCUT2D eigenvalue weighted by Crippen LogP contribution is -2.34. The number of anilines is 2. The van der Waals surface area contributed by atoms with Crippen LogP contribution >= 0.6 is 24.0 Å². The van der Waals surface area contributed by atoms with Crippen LogP contribution < -0.4 is 16.4 Å². The first kappa shape index (κ1) is 18.7. The average molecular weight is 320 g/mol. The van der Waals surface area contributed by atoms with Crippen molar-refractivity contribution in [1.82, 2.24) is 0 Å². The van der Waals surface area contributed by atoms with Crippen LogP contribution in [-0.4, -0.2) is 17.9 Å². The van der Waals surface area contributed by atoms with E-state index in [9.17, 15) is 9.59 Å². The third-order valence-electron chi connectivity index (χ3n) is 2.75. The molecule has 2 amide bonds. The van der Waals surface area contributed by atoms with E-state index in [-0.39, 0.29) is 36.2 Å². The van der Waals surface area contributed by atoms with E-state index >= 15 is 0 Å². The topological polar surface area (TPSA) is 84.2 Å². The summed E-state index contributed by atoms with van der Waals surface area (Å²) >= 11 is 5.87. The van der Waals surface area contributed by atoms with E-state index in [0.29, 0.717) is 16.4 Å². The van der Waals surface area contributed by atoms with E-state index in [2.05, 4.69) is 10.6 Å². The lowest BCUT2D eigenvalue weighted by atomic mass is 10.0. The van der Waals surface area contributed by atoms with Crippen LogP contribution in [0.15, 0.2) is 18.2 Å². The monoisotopic (exact) mass is 319 g/mol. The van der Waals surface area contributed by atoms with Crippen molar-refractivity contribution in [3.8, 4) is 0 Å². The fraction of sp³-hybridized carbons (Fsp3) is 0.385. The molecule has 2 atom stereocenters. The number of nitrogens with one attached hydrogen (secondary N) is 2. The molecule has 2 unspecified atom stereocenters. The normalized spacial score (nSPS) is 12.8. The Morgan fingerprint density at radius 1 is 1.20 bits per heavy atom. The number of rotatable bonds is 4. The van der Waals surface area contributed by atoms with E-state index in [1.165, 1.54) is 6.92 Å². The van der Waals surface area contributed by atoms with Gasteiger partial charge in [-0.15, -0.1) is 12.4 Å². The number of nitrogens with two attached hydrogens (primary N) is 1. The summed E-state index contributed by atoms with van der Waals surface area (Å²) in [6, 6.07) is 4.60. The van der Waals surface area contributed by atoms with E-state index < -0.39 is 0 Å². The maximum Gasteiger partial charge on any atom is 0.228 e. The molecule has 20 heavy (non-hydrogen) atoms. The van der Waals surface area contributed by atoms with E-state index in [0.717, 1.165) is 0 Å². The van der Waals surface area contributed by atoms with Gasteiger partial charge in [0, 0.05) is 18.0 Å². The Morgan fingerprint density at radius 3 is 2.30 bits per heavy atom. The SMILES string of the molecule is CC(=O)Nc1cc(Cl)ccc1NC(=O)C(C)C(C)N.Cl. The molecule has 0 aliphatic rings. The molecule has 5 nitrogen and oxygen atoms in total. The summed E-state index contributed by atoms with van der Waals surface area (Å²) in [5, 5.41) is 5.82. The number of hydrogen-bond acceptors (Lipinski definition) is 3. The lowest BCUT2D eigenvalue weighted by Gasteiger charge is -2.17. The van der Waals surface area contributed by atoms with Gasteiger partial charge in [-0.1, -0.05) is 18.5 Å². The molecule has 0 saturated carbocycles. The first-order chi connectivity index (χ1) is 8.81. The molecule has 1 aromatic carbocycles. The highest BCUT2D eigenvalue weighted by Gasteiger charge is 2.18. The van der Waals surface area contributed by atoms with Gasteiger partial charge in [-0.2, -0.15) is 0 Å². The predicted octanol–water partition coefficient (Wildman–Crippen LogP) is 2.64. The Bertz CT molecular complexity index is 493. The Morgan fingerprint density at radius 2 is 1.80 bits per heavy atom. The second-order valence-electron chi connectivity index (χ2n) is 4.51. The van der Waals surface area contributed by atoms with Crippen molar-refractivity contribution >= 4 is 47.2 Å². The van der Waals surface area contributed by atoms with Crippen molar-refractivity contribution < 1.29 is 9.59 Å². The fourth-order valence-corrected chi connectivity index (χ4v) is 1.58. The van der Waals surface area contributed by atoms with Gasteiger partial charge in [0.1, 0.15) is 0 Å². The number of carbonyl (C=O) groups excluding carboxylic acids is 2. The second-order valence-corrected chi connectivity index (χ2v) is 4.94. The third kappa shape index (κ3) is 5.36. The van der Waals surface area contributed by atoms with Crippen LogP contribution in [0.4, 0.5) is 11.4 Å². The zero-order chi connectivity index (χ0) is 14.6. The van der Waals surface area contributed by atoms with Gasteiger partial charge in [0.25, 0.3) is 0 Å². The molecule has 0 heterocycles. The summed E-state index contributed by atoms with van der Waals surface area (Å²) in [6.07, 6.45) is 0. The Hall–Kier alpha value is -1.30. The van der Waals surface area contributed by atoms with Crippen molar-refractivity contribution in [1.29, 1.82) is 0 Å². The van der Waals surface area contributed by atoms with Crippen LogP contribution in [-0.2, 0) is 9.59 Å². The molecule has 0 aliphatic carbocycles. The molecular weight excluding hydrogens is 301 g/mol. The first-order valence-electron chi connectivity index (χ1n) is 5.95. The molecule has 0 radical (unpaired) electrons. The smallest absolute Gasteiger partial charge is 0.228 e. The van der Waals surface area contributed by atoms with Gasteiger partial charge in [0.05, 0.1) is 17.3 Å². The molecule has 0 fully saturated rings. The van der Waals surface area contributed by atoms with Crippen molar-refractivity contribution in [2.24, 2.45) is 11.7 Å². The highest BCUT2D eigenvalue weighted by atomic mass is 35.5. The number of carbonyl (C=O) groups is 2. The zero-order valence-electron chi connectivity index (χ0n) is 11.6. The van der Waals surface area contributed by atoms with Crippen LogP contribution in [0.25, 0.3) is 0 Å². The lowest BCUT2D eigenvalue weighted by molar-refractivity contribution is -0.120. The quantitative estimate of drug-likeness (QED) is 0.797. The molecule has 1 rings (SSSR count). The van der Waals surface area contributed by atoms with Crippen molar-refractivity contribution in [3.05, 3.63) is 23.2 Å². The summed E-state index contributed by atoms with van der Waals surface area (Å²) in [7, 11) is 0. The molecule has 0 bridgehead atoms. The van der Waals surface area contributed by atoms with E-state index in [4.69, 9.17) is 17.3 Å². The van der Waals surface area contributed by atoms with Crippen LogP contribution in [0, 0.1) is 5.92 Å². The standard InChI is InChI=1S/C13H18ClN3O2.ClH/c1-7(8(2)15)13(19)17-11-5-4-10(14)6-12(11)16-9(3)18;/h4-8H,15H2,1-3H3,(H,16,18)(H,17,19);1H. The largest absolute Gasteiger partial charge is 0.327 e. The van der Waals surface area contributed by atoms with Crippen molar-refractivity contribution in [3.63, 3.8) is 0 Å². The van der Waals surface area contributed by atoms with Gasteiger partial charge in [-0.05, 0) is 25.1 Å². The minimum atomic E-state index is -0.333. The number of benzene rings is 1. The number of amides is 2. The van der Waals surface area contributed by atoms with Gasteiger partial charge in [-0.3, -0.25) is 9.59 Å². The molecular formula is C13H19Cl2N3O2. The Kier molecular flexibility index (Phi) is 7.57. The maximum absolute atomic E-state index is 11.9. The fourth-order valence-electron chi connectivity index (χ4n) is 1.40. The predicted molar refractivity (Wildman–Crippen MR) is 84.4 cm³/mol. The van der Waals surface area contributed by atoms with Crippen LogP contribution in [0.1, 0.15) is 20.8 Å². The van der Waals surface area contributed by atoms with Gasteiger partial charge in [-0.25, -0.2) is 0 Å².